The molecule has 0 radical (unpaired) electrons. The van der Waals surface area contributed by atoms with Gasteiger partial charge in [-0.1, -0.05) is 24.3 Å². The Bertz CT molecular complexity index is 1210. The first-order valence-electron chi connectivity index (χ1n) is 10.6. The number of methoxy groups -OCH3 is 1. The minimum Gasteiger partial charge on any atom is -0.497 e. The third-order valence-electron chi connectivity index (χ3n) is 5.18. The molecular weight excluding hydrogens is 486 g/mol. The first-order valence-corrected chi connectivity index (χ1v) is 10.6. The summed E-state index contributed by atoms with van der Waals surface area (Å²) in [7, 11) is 1.56. The lowest BCUT2D eigenvalue weighted by Crippen LogP contribution is -2.42. The highest BCUT2D eigenvalue weighted by Crippen LogP contribution is 2.18. The number of ketones is 1. The van der Waals surface area contributed by atoms with E-state index in [1.54, 1.807) is 31.4 Å². The molecule has 3 rings (SSSR count). The number of nitrogens with two attached hydrogens (primary N) is 1. The number of carbonyl (C=O) groups excluding carboxylic acids is 2. The average molecular weight is 512 g/mol. The van der Waals surface area contributed by atoms with Gasteiger partial charge in [0.2, 0.25) is 0 Å². The summed E-state index contributed by atoms with van der Waals surface area (Å²) in [5.74, 6) is -1.01. The van der Waals surface area contributed by atoms with E-state index in [-0.39, 0.29) is 30.4 Å². The van der Waals surface area contributed by atoms with Gasteiger partial charge >= 0.3 is 5.97 Å². The third-order valence-corrected chi connectivity index (χ3v) is 5.18. The molecule has 0 aliphatic carbocycles. The van der Waals surface area contributed by atoms with Crippen LogP contribution in [0.4, 0.5) is 0 Å². The lowest BCUT2D eigenvalue weighted by Gasteiger charge is -2.19. The van der Waals surface area contributed by atoms with E-state index in [1.807, 2.05) is 12.1 Å². The van der Waals surface area contributed by atoms with Gasteiger partial charge in [0, 0.05) is 23.1 Å². The fraction of sp³-hybridized carbons (Fsp3) is 0.154. The molecule has 1 amide bonds. The summed E-state index contributed by atoms with van der Waals surface area (Å²) < 4.78 is 10.3. The number of benzene rings is 3. The molecular formula is C26H26ClN3O6. The summed E-state index contributed by atoms with van der Waals surface area (Å²) in [6, 6.07) is 18.5. The number of nitrogen functional groups attached to an aromatic ring is 1. The van der Waals surface area contributed by atoms with Crippen LogP contribution in [0.2, 0.25) is 0 Å². The maximum Gasteiger partial charge on any atom is 0.341 e. The molecule has 0 spiro atoms. The Hall–Kier alpha value is -4.37. The Labute approximate surface area is 214 Å². The summed E-state index contributed by atoms with van der Waals surface area (Å²) in [6.45, 7) is -0.494. The van der Waals surface area contributed by atoms with Gasteiger partial charge in [-0.2, -0.15) is 0 Å². The van der Waals surface area contributed by atoms with Gasteiger partial charge in [0.15, 0.2) is 12.4 Å². The van der Waals surface area contributed by atoms with Crippen LogP contribution in [-0.4, -0.2) is 48.4 Å². The molecule has 0 aliphatic rings. The summed E-state index contributed by atoms with van der Waals surface area (Å²) >= 11 is 0. The summed E-state index contributed by atoms with van der Waals surface area (Å²) in [5.41, 5.74) is 7.42. The van der Waals surface area contributed by atoms with E-state index >= 15 is 0 Å². The van der Waals surface area contributed by atoms with Crippen LogP contribution in [0.1, 0.15) is 31.8 Å². The molecule has 0 heterocycles. The predicted molar refractivity (Wildman–Crippen MR) is 137 cm³/mol. The Balaban J connectivity index is 0.00000456. The van der Waals surface area contributed by atoms with Crippen molar-refractivity contribution in [3.05, 3.63) is 95.1 Å². The SMILES string of the molecule is COc1ccc(C[C@H](NC(=O)c2ccc(C(=N)N)cc2)C(=O)c2ccc(OCC(=O)O)cc2)cc1.Cl. The number of hydrogen-bond donors (Lipinski definition) is 4. The highest BCUT2D eigenvalue weighted by atomic mass is 35.5. The van der Waals surface area contributed by atoms with Crippen molar-refractivity contribution in [2.24, 2.45) is 5.73 Å². The van der Waals surface area contributed by atoms with E-state index < -0.39 is 24.5 Å². The lowest BCUT2D eigenvalue weighted by atomic mass is 9.97. The number of aliphatic carboxylic acids is 1. The minimum atomic E-state index is -1.11. The van der Waals surface area contributed by atoms with Crippen molar-refractivity contribution >= 4 is 35.9 Å². The number of amidine groups is 1. The highest BCUT2D eigenvalue weighted by Gasteiger charge is 2.23. The number of rotatable bonds is 11. The van der Waals surface area contributed by atoms with Gasteiger partial charge in [-0.25, -0.2) is 4.79 Å². The molecule has 0 aromatic heterocycles. The number of halogens is 1. The molecule has 0 bridgehead atoms. The van der Waals surface area contributed by atoms with Gasteiger partial charge in [-0.05, 0) is 54.1 Å². The Morgan fingerprint density at radius 3 is 1.94 bits per heavy atom. The van der Waals surface area contributed by atoms with Crippen LogP contribution in [0.3, 0.4) is 0 Å². The minimum absolute atomic E-state index is 0. The largest absolute Gasteiger partial charge is 0.497 e. The molecule has 0 unspecified atom stereocenters. The van der Waals surface area contributed by atoms with Gasteiger partial charge in [0.05, 0.1) is 13.2 Å². The first-order chi connectivity index (χ1) is 16.8. The first kappa shape index (κ1) is 27.9. The number of carbonyl (C=O) groups is 3. The van der Waals surface area contributed by atoms with Crippen molar-refractivity contribution in [2.75, 3.05) is 13.7 Å². The van der Waals surface area contributed by atoms with Crippen LogP contribution in [0.15, 0.2) is 72.8 Å². The Morgan fingerprint density at radius 1 is 0.889 bits per heavy atom. The van der Waals surface area contributed by atoms with Crippen LogP contribution in [0.25, 0.3) is 0 Å². The molecule has 0 saturated heterocycles. The molecule has 9 nitrogen and oxygen atoms in total. The number of hydrogen-bond acceptors (Lipinski definition) is 6. The maximum atomic E-state index is 13.3. The second-order valence-corrected chi connectivity index (χ2v) is 7.64. The fourth-order valence-corrected chi connectivity index (χ4v) is 3.31. The van der Waals surface area contributed by atoms with Crippen molar-refractivity contribution in [2.45, 2.75) is 12.5 Å². The quantitative estimate of drug-likeness (QED) is 0.175. The molecule has 5 N–H and O–H groups in total. The van der Waals surface area contributed by atoms with Crippen LogP contribution >= 0.6 is 12.4 Å². The topological polar surface area (TPSA) is 152 Å². The van der Waals surface area contributed by atoms with E-state index in [0.29, 0.717) is 28.2 Å². The fourth-order valence-electron chi connectivity index (χ4n) is 3.31. The Kier molecular flexibility index (Phi) is 10.00. The van der Waals surface area contributed by atoms with Crippen LogP contribution in [0.5, 0.6) is 11.5 Å². The van der Waals surface area contributed by atoms with Crippen molar-refractivity contribution in [1.82, 2.24) is 5.32 Å². The molecule has 3 aromatic rings. The lowest BCUT2D eigenvalue weighted by molar-refractivity contribution is -0.139. The zero-order valence-corrected chi connectivity index (χ0v) is 20.2. The third kappa shape index (κ3) is 7.57. The van der Waals surface area contributed by atoms with E-state index in [1.165, 1.54) is 36.4 Å². The molecule has 0 aliphatic heterocycles. The molecule has 0 saturated carbocycles. The van der Waals surface area contributed by atoms with Gasteiger partial charge in [-0.15, -0.1) is 12.4 Å². The normalized spacial score (nSPS) is 10.9. The highest BCUT2D eigenvalue weighted by molar-refractivity contribution is 6.05. The molecule has 0 fully saturated rings. The number of carboxylic acid groups (broad SMARTS) is 1. The maximum absolute atomic E-state index is 13.3. The molecule has 1 atom stereocenters. The summed E-state index contributed by atoms with van der Waals surface area (Å²) in [4.78, 5) is 36.9. The van der Waals surface area contributed by atoms with Crippen LogP contribution < -0.4 is 20.5 Å². The van der Waals surface area contributed by atoms with Gasteiger partial charge < -0.3 is 25.6 Å². The average Bonchev–Trinajstić information content (AvgIpc) is 2.87. The van der Waals surface area contributed by atoms with Crippen molar-refractivity contribution in [3.8, 4) is 11.5 Å². The second kappa shape index (κ2) is 12.9. The zero-order valence-electron chi connectivity index (χ0n) is 19.4. The number of carboxylic acids is 1. The smallest absolute Gasteiger partial charge is 0.341 e. The van der Waals surface area contributed by atoms with E-state index in [9.17, 15) is 14.4 Å². The van der Waals surface area contributed by atoms with E-state index in [4.69, 9.17) is 25.7 Å². The van der Waals surface area contributed by atoms with Crippen LogP contribution in [-0.2, 0) is 11.2 Å². The van der Waals surface area contributed by atoms with Gasteiger partial charge in [-0.3, -0.25) is 15.0 Å². The van der Waals surface area contributed by atoms with Crippen molar-refractivity contribution in [3.63, 3.8) is 0 Å². The van der Waals surface area contributed by atoms with E-state index in [0.717, 1.165) is 5.56 Å². The molecule has 188 valence electrons. The standard InChI is InChI=1S/C26H25N3O6.ClH/c1-34-20-10-2-16(3-11-20)14-22(29-26(33)19-6-4-18(5-7-19)25(27)28)24(32)17-8-12-21(13-9-17)35-15-23(30)31;/h2-13,22H,14-15H2,1H3,(H3,27,28)(H,29,33)(H,30,31);1H/t22-;/m0./s1. The summed E-state index contributed by atoms with van der Waals surface area (Å²) in [5, 5.41) is 19.0. The van der Waals surface area contributed by atoms with Crippen molar-refractivity contribution in [1.29, 1.82) is 5.41 Å². The van der Waals surface area contributed by atoms with E-state index in [2.05, 4.69) is 5.32 Å². The van der Waals surface area contributed by atoms with Gasteiger partial charge in [0.1, 0.15) is 17.3 Å². The number of Topliss-reactive ketones (excluding diaryl/α,β-unsaturated/α-hetero) is 1. The zero-order chi connectivity index (χ0) is 25.4. The predicted octanol–water partition coefficient (Wildman–Crippen LogP) is 3.09. The van der Waals surface area contributed by atoms with Crippen LogP contribution in [0, 0.1) is 5.41 Å². The number of amides is 1. The molecule has 3 aromatic carbocycles. The molecule has 36 heavy (non-hydrogen) atoms. The molecule has 10 heteroatoms. The second-order valence-electron chi connectivity index (χ2n) is 7.64. The van der Waals surface area contributed by atoms with Crippen molar-refractivity contribution < 1.29 is 29.0 Å². The number of ether oxygens (including phenoxy) is 2. The number of nitrogens with one attached hydrogen (secondary N) is 2. The Morgan fingerprint density at radius 2 is 1.42 bits per heavy atom. The van der Waals surface area contributed by atoms with Gasteiger partial charge in [0.25, 0.3) is 5.91 Å². The monoisotopic (exact) mass is 511 g/mol. The summed E-state index contributed by atoms with van der Waals surface area (Å²) in [6.07, 6.45) is 0.233.